The Balaban J connectivity index is 1.80. The quantitative estimate of drug-likeness (QED) is 0.399. The molecule has 7 nitrogen and oxygen atoms in total. The first-order valence-corrected chi connectivity index (χ1v) is 12.5. The first-order chi connectivity index (χ1) is 18.0. The van der Waals surface area contributed by atoms with Crippen LogP contribution in [0.15, 0.2) is 94.2 Å². The molecule has 5 rings (SSSR count). The summed E-state index contributed by atoms with van der Waals surface area (Å²) in [5, 5.41) is 10.2. The third-order valence-corrected chi connectivity index (χ3v) is 6.97. The minimum absolute atomic E-state index is 0.0258. The lowest BCUT2D eigenvalue weighted by Gasteiger charge is -2.25. The number of aromatic hydroxyl groups is 1. The molecule has 1 aromatic heterocycles. The summed E-state index contributed by atoms with van der Waals surface area (Å²) < 4.78 is 12.5. The molecule has 37 heavy (non-hydrogen) atoms. The summed E-state index contributed by atoms with van der Waals surface area (Å²) in [7, 11) is 1.47. The maximum Gasteiger partial charge on any atom is 0.338 e. The lowest BCUT2D eigenvalue weighted by Crippen LogP contribution is -2.39. The summed E-state index contributed by atoms with van der Waals surface area (Å²) in [6.45, 7) is 1.94. The second-order valence-electron chi connectivity index (χ2n) is 8.27. The lowest BCUT2D eigenvalue weighted by molar-refractivity contribution is -0.138. The van der Waals surface area contributed by atoms with Crippen LogP contribution in [0.5, 0.6) is 11.5 Å². The fourth-order valence-electron chi connectivity index (χ4n) is 4.34. The van der Waals surface area contributed by atoms with Crippen molar-refractivity contribution in [3.63, 3.8) is 0 Å². The highest BCUT2D eigenvalue weighted by Gasteiger charge is 2.35. The van der Waals surface area contributed by atoms with Gasteiger partial charge in [-0.1, -0.05) is 78.1 Å². The van der Waals surface area contributed by atoms with Gasteiger partial charge in [0.25, 0.3) is 5.56 Å². The summed E-state index contributed by atoms with van der Waals surface area (Å²) in [5.74, 6) is -0.204. The van der Waals surface area contributed by atoms with Gasteiger partial charge in [0.15, 0.2) is 16.3 Å². The van der Waals surface area contributed by atoms with Gasteiger partial charge in [-0.15, -0.1) is 0 Å². The zero-order valence-corrected chi connectivity index (χ0v) is 21.1. The van der Waals surface area contributed by atoms with E-state index in [1.54, 1.807) is 29.7 Å². The Hall–Kier alpha value is -4.43. The fourth-order valence-corrected chi connectivity index (χ4v) is 5.34. The molecule has 1 aliphatic heterocycles. The molecule has 0 radical (unpaired) electrons. The average molecular weight is 513 g/mol. The zero-order chi connectivity index (χ0) is 25.9. The van der Waals surface area contributed by atoms with E-state index >= 15 is 0 Å². The van der Waals surface area contributed by atoms with E-state index in [0.29, 0.717) is 31.9 Å². The van der Waals surface area contributed by atoms with E-state index in [9.17, 15) is 14.7 Å². The lowest BCUT2D eigenvalue weighted by atomic mass is 9.93. The SMILES string of the molecule is CCOC(=O)C1=C(c2ccccc2)N=c2s/c(=C\c3ccc(OC)c(O)c3)c(=O)n2[C@H]1c1ccccc1. The second kappa shape index (κ2) is 10.3. The van der Waals surface area contributed by atoms with E-state index in [2.05, 4.69) is 0 Å². The van der Waals surface area contributed by atoms with E-state index in [1.807, 2.05) is 60.7 Å². The molecule has 186 valence electrons. The third kappa shape index (κ3) is 4.59. The molecule has 1 N–H and O–H groups in total. The van der Waals surface area contributed by atoms with Crippen LogP contribution in [0.3, 0.4) is 0 Å². The summed E-state index contributed by atoms with van der Waals surface area (Å²) >= 11 is 1.23. The number of rotatable bonds is 6. The highest BCUT2D eigenvalue weighted by molar-refractivity contribution is 7.07. The molecule has 0 saturated carbocycles. The molecule has 0 bridgehead atoms. The molecule has 0 fully saturated rings. The number of nitrogens with zero attached hydrogens (tertiary/aromatic N) is 2. The van der Waals surface area contributed by atoms with Gasteiger partial charge in [-0.2, -0.15) is 0 Å². The number of carbonyl (C=O) groups excluding carboxylic acids is 1. The van der Waals surface area contributed by atoms with Crippen LogP contribution in [0.4, 0.5) is 0 Å². The number of ether oxygens (including phenoxy) is 2. The van der Waals surface area contributed by atoms with Gasteiger partial charge in [0.05, 0.1) is 35.6 Å². The van der Waals surface area contributed by atoms with Crippen molar-refractivity contribution in [2.75, 3.05) is 13.7 Å². The van der Waals surface area contributed by atoms with E-state index in [-0.39, 0.29) is 17.9 Å². The normalized spacial score (nSPS) is 15.2. The number of benzene rings is 3. The Bertz CT molecular complexity index is 1670. The van der Waals surface area contributed by atoms with Crippen LogP contribution in [-0.2, 0) is 9.53 Å². The molecule has 1 aliphatic rings. The van der Waals surface area contributed by atoms with Crippen LogP contribution in [0.1, 0.15) is 29.7 Å². The van der Waals surface area contributed by atoms with Crippen molar-refractivity contribution in [1.82, 2.24) is 4.57 Å². The molecule has 2 heterocycles. The van der Waals surface area contributed by atoms with Gasteiger partial charge in [-0.05, 0) is 36.3 Å². The Morgan fingerprint density at radius 3 is 2.43 bits per heavy atom. The third-order valence-electron chi connectivity index (χ3n) is 5.99. The first kappa shape index (κ1) is 24.3. The van der Waals surface area contributed by atoms with Gasteiger partial charge in [0, 0.05) is 5.56 Å². The minimum atomic E-state index is -0.724. The topological polar surface area (TPSA) is 90.1 Å². The molecular weight excluding hydrogens is 488 g/mol. The molecule has 0 amide bonds. The smallest absolute Gasteiger partial charge is 0.338 e. The van der Waals surface area contributed by atoms with Crippen molar-refractivity contribution in [3.8, 4) is 11.5 Å². The number of thiazole rings is 1. The number of phenolic OH excluding ortho intramolecular Hbond substituents is 1. The van der Waals surface area contributed by atoms with Crippen molar-refractivity contribution >= 4 is 29.1 Å². The van der Waals surface area contributed by atoms with Crippen LogP contribution in [-0.4, -0.2) is 29.4 Å². The zero-order valence-electron chi connectivity index (χ0n) is 20.3. The summed E-state index contributed by atoms with van der Waals surface area (Å²) in [5.41, 5.74) is 2.64. The van der Waals surface area contributed by atoms with Gasteiger partial charge in [-0.3, -0.25) is 9.36 Å². The van der Waals surface area contributed by atoms with E-state index in [1.165, 1.54) is 24.5 Å². The Kier molecular flexibility index (Phi) is 6.74. The van der Waals surface area contributed by atoms with Gasteiger partial charge in [0.1, 0.15) is 0 Å². The number of hydrogen-bond donors (Lipinski definition) is 1. The Labute approximate surface area is 216 Å². The summed E-state index contributed by atoms with van der Waals surface area (Å²) in [6.07, 6.45) is 1.70. The number of aromatic nitrogens is 1. The fraction of sp³-hybridized carbons (Fsp3) is 0.138. The molecule has 4 aromatic rings. The monoisotopic (exact) mass is 512 g/mol. The minimum Gasteiger partial charge on any atom is -0.504 e. The van der Waals surface area contributed by atoms with Crippen LogP contribution in [0, 0.1) is 0 Å². The van der Waals surface area contributed by atoms with Crippen molar-refractivity contribution in [3.05, 3.63) is 121 Å². The predicted molar refractivity (Wildman–Crippen MR) is 142 cm³/mol. The average Bonchev–Trinajstić information content (AvgIpc) is 3.23. The predicted octanol–water partition coefficient (Wildman–Crippen LogP) is 3.65. The highest BCUT2D eigenvalue weighted by Crippen LogP contribution is 2.35. The number of phenols is 1. The molecule has 0 saturated heterocycles. The number of methoxy groups -OCH3 is 1. The van der Waals surface area contributed by atoms with E-state index in [4.69, 9.17) is 14.5 Å². The molecular formula is C29H24N2O5S. The van der Waals surface area contributed by atoms with Gasteiger partial charge >= 0.3 is 5.97 Å². The van der Waals surface area contributed by atoms with Crippen molar-refractivity contribution in [2.45, 2.75) is 13.0 Å². The van der Waals surface area contributed by atoms with E-state index in [0.717, 1.165) is 11.1 Å². The Morgan fingerprint density at radius 1 is 1.08 bits per heavy atom. The number of fused-ring (bicyclic) bond motifs is 1. The Morgan fingerprint density at radius 2 is 1.78 bits per heavy atom. The molecule has 8 heteroatoms. The van der Waals surface area contributed by atoms with Crippen molar-refractivity contribution < 1.29 is 19.4 Å². The van der Waals surface area contributed by atoms with Crippen molar-refractivity contribution in [2.24, 2.45) is 4.99 Å². The van der Waals surface area contributed by atoms with Crippen molar-refractivity contribution in [1.29, 1.82) is 0 Å². The van der Waals surface area contributed by atoms with Crippen LogP contribution >= 0.6 is 11.3 Å². The largest absolute Gasteiger partial charge is 0.504 e. The van der Waals surface area contributed by atoms with Gasteiger partial charge in [0.2, 0.25) is 0 Å². The maximum atomic E-state index is 13.8. The first-order valence-electron chi connectivity index (χ1n) is 11.7. The molecule has 0 unspecified atom stereocenters. The number of esters is 1. The molecule has 1 atom stereocenters. The van der Waals surface area contributed by atoms with Crippen LogP contribution in [0.25, 0.3) is 11.8 Å². The molecule has 3 aromatic carbocycles. The second-order valence-corrected chi connectivity index (χ2v) is 9.28. The molecule has 0 spiro atoms. The van der Waals surface area contributed by atoms with Gasteiger partial charge in [-0.25, -0.2) is 9.79 Å². The summed E-state index contributed by atoms with van der Waals surface area (Å²) in [6, 6.07) is 23.0. The molecule has 0 aliphatic carbocycles. The number of hydrogen-bond acceptors (Lipinski definition) is 7. The van der Waals surface area contributed by atoms with E-state index < -0.39 is 12.0 Å². The highest BCUT2D eigenvalue weighted by atomic mass is 32.1. The van der Waals surface area contributed by atoms with Crippen LogP contribution < -0.4 is 19.6 Å². The maximum absolute atomic E-state index is 13.8. The summed E-state index contributed by atoms with van der Waals surface area (Å²) in [4.78, 5) is 32.5. The van der Waals surface area contributed by atoms with Gasteiger partial charge < -0.3 is 14.6 Å². The van der Waals surface area contributed by atoms with Crippen LogP contribution in [0.2, 0.25) is 0 Å². The number of carbonyl (C=O) groups is 1. The standard InChI is InChI=1S/C29H24N2O5S/c1-3-36-28(34)24-25(19-10-6-4-7-11-19)30-29-31(26(24)20-12-8-5-9-13-20)27(33)23(37-29)17-18-14-15-22(35-2)21(32)16-18/h4-17,26,32H,3H2,1-2H3/b23-17-/t26-/m0/s1.